The molecule has 0 fully saturated rings. The van der Waals surface area contributed by atoms with Crippen LogP contribution in [0.3, 0.4) is 0 Å². The van der Waals surface area contributed by atoms with Crippen LogP contribution in [0, 0.1) is 0 Å². The van der Waals surface area contributed by atoms with Crippen molar-refractivity contribution in [2.24, 2.45) is 0 Å². The van der Waals surface area contributed by atoms with Crippen molar-refractivity contribution in [1.82, 2.24) is 0 Å². The van der Waals surface area contributed by atoms with E-state index in [1.165, 1.54) is 38.5 Å². The van der Waals surface area contributed by atoms with Crippen molar-refractivity contribution in [1.29, 1.82) is 0 Å². The van der Waals surface area contributed by atoms with Crippen LogP contribution in [0.4, 0.5) is 0 Å². The van der Waals surface area contributed by atoms with Gasteiger partial charge in [-0.15, -0.1) is 0 Å². The van der Waals surface area contributed by atoms with Gasteiger partial charge in [0.1, 0.15) is 12.7 Å². The van der Waals surface area contributed by atoms with Crippen LogP contribution in [0.1, 0.15) is 168 Å². The molecule has 3 atom stereocenters. The molecule has 318 valence electrons. The van der Waals surface area contributed by atoms with E-state index < -0.39 is 51.8 Å². The molecule has 55 heavy (non-hydrogen) atoms. The van der Waals surface area contributed by atoms with E-state index >= 15 is 0 Å². The summed E-state index contributed by atoms with van der Waals surface area (Å²) < 4.78 is 32.7. The van der Waals surface area contributed by atoms with Crippen LogP contribution in [-0.4, -0.2) is 65.7 Å². The van der Waals surface area contributed by atoms with Gasteiger partial charge < -0.3 is 24.6 Å². The maximum Gasteiger partial charge on any atom is 0.472 e. The molecular formula is C44H77O10P. The fraction of sp³-hybridized carbons (Fsp3) is 0.727. The number of aliphatic hydroxyl groups is 2. The highest BCUT2D eigenvalue weighted by Crippen LogP contribution is 2.43. The Morgan fingerprint density at radius 2 is 0.945 bits per heavy atom. The highest BCUT2D eigenvalue weighted by molar-refractivity contribution is 7.47. The van der Waals surface area contributed by atoms with Crippen LogP contribution < -0.4 is 0 Å². The number of aliphatic hydroxyl groups excluding tert-OH is 2. The molecule has 10 nitrogen and oxygen atoms in total. The molecule has 0 aromatic carbocycles. The Morgan fingerprint density at radius 1 is 0.545 bits per heavy atom. The van der Waals surface area contributed by atoms with Crippen molar-refractivity contribution in [2.75, 3.05) is 26.4 Å². The molecule has 0 aromatic rings. The summed E-state index contributed by atoms with van der Waals surface area (Å²) >= 11 is 0. The number of esters is 2. The Labute approximate surface area is 334 Å². The molecule has 1 unspecified atom stereocenters. The minimum absolute atomic E-state index is 0.153. The number of allylic oxidation sites excluding steroid dienone is 10. The van der Waals surface area contributed by atoms with Crippen molar-refractivity contribution in [3.8, 4) is 0 Å². The molecule has 0 aliphatic heterocycles. The first kappa shape index (κ1) is 52.7. The number of hydrogen-bond acceptors (Lipinski definition) is 9. The summed E-state index contributed by atoms with van der Waals surface area (Å²) in [5.41, 5.74) is 0. The number of ether oxygens (including phenoxy) is 2. The summed E-state index contributed by atoms with van der Waals surface area (Å²) in [4.78, 5) is 35.0. The zero-order chi connectivity index (χ0) is 40.5. The lowest BCUT2D eigenvalue weighted by atomic mass is 10.1. The number of rotatable bonds is 39. The van der Waals surface area contributed by atoms with Crippen LogP contribution in [0.2, 0.25) is 0 Å². The molecule has 3 N–H and O–H groups in total. The summed E-state index contributed by atoms with van der Waals surface area (Å²) in [7, 11) is -4.63. The molecule has 0 amide bonds. The molecule has 0 saturated carbocycles. The molecule has 0 rings (SSSR count). The topological polar surface area (TPSA) is 149 Å². The molecule has 0 radical (unpaired) electrons. The molecule has 0 aromatic heterocycles. The van der Waals surface area contributed by atoms with Gasteiger partial charge in [0.2, 0.25) is 0 Å². The lowest BCUT2D eigenvalue weighted by Gasteiger charge is -2.20. The smallest absolute Gasteiger partial charge is 0.462 e. The van der Waals surface area contributed by atoms with E-state index in [1.54, 1.807) is 0 Å². The Kier molecular flexibility index (Phi) is 38.2. The fourth-order valence-corrected chi connectivity index (χ4v) is 6.11. The van der Waals surface area contributed by atoms with Crippen molar-refractivity contribution < 1.29 is 47.8 Å². The van der Waals surface area contributed by atoms with Gasteiger partial charge in [-0.3, -0.25) is 18.6 Å². The second-order valence-electron chi connectivity index (χ2n) is 14.0. The molecule has 0 heterocycles. The number of hydrogen-bond donors (Lipinski definition) is 3. The Hall–Kier alpha value is -2.33. The van der Waals surface area contributed by atoms with E-state index in [9.17, 15) is 24.2 Å². The highest BCUT2D eigenvalue weighted by Gasteiger charge is 2.27. The van der Waals surface area contributed by atoms with Crippen LogP contribution >= 0.6 is 7.82 Å². The van der Waals surface area contributed by atoms with Gasteiger partial charge in [0.25, 0.3) is 0 Å². The van der Waals surface area contributed by atoms with Gasteiger partial charge in [0.05, 0.1) is 19.8 Å². The van der Waals surface area contributed by atoms with E-state index in [1.807, 2.05) is 0 Å². The average molecular weight is 797 g/mol. The first-order valence-corrected chi connectivity index (χ1v) is 22.7. The second-order valence-corrected chi connectivity index (χ2v) is 15.5. The van der Waals surface area contributed by atoms with Gasteiger partial charge >= 0.3 is 19.8 Å². The normalized spacial score (nSPS) is 14.5. The molecular weight excluding hydrogens is 719 g/mol. The Bertz CT molecular complexity index is 1100. The first-order chi connectivity index (χ1) is 26.7. The highest BCUT2D eigenvalue weighted by atomic mass is 31.2. The predicted octanol–water partition coefficient (Wildman–Crippen LogP) is 11.1. The average Bonchev–Trinajstić information content (AvgIpc) is 3.17. The van der Waals surface area contributed by atoms with Crippen LogP contribution in [0.25, 0.3) is 0 Å². The third kappa shape index (κ3) is 39.7. The van der Waals surface area contributed by atoms with E-state index in [0.29, 0.717) is 12.8 Å². The van der Waals surface area contributed by atoms with E-state index in [0.717, 1.165) is 89.9 Å². The van der Waals surface area contributed by atoms with Gasteiger partial charge in [-0.1, -0.05) is 132 Å². The van der Waals surface area contributed by atoms with Crippen molar-refractivity contribution >= 4 is 19.8 Å². The maximum atomic E-state index is 12.6. The minimum Gasteiger partial charge on any atom is -0.462 e. The van der Waals surface area contributed by atoms with Crippen LogP contribution in [0.5, 0.6) is 0 Å². The maximum absolute atomic E-state index is 12.6. The van der Waals surface area contributed by atoms with Gasteiger partial charge in [0.15, 0.2) is 6.10 Å². The Morgan fingerprint density at radius 3 is 1.42 bits per heavy atom. The largest absolute Gasteiger partial charge is 0.472 e. The number of phosphoric acid groups is 1. The SMILES string of the molecule is CCCCC/C=C/C/C=C/C/C=C/CCCCCCC(=O)O[C@H](COC(=O)CCCCCCC/C=C/C/C=C/CCCCC)COP(=O)(O)OC[C@@H](O)CO. The first-order valence-electron chi connectivity index (χ1n) is 21.2. The van der Waals surface area contributed by atoms with Crippen molar-refractivity contribution in [3.05, 3.63) is 60.8 Å². The van der Waals surface area contributed by atoms with Crippen molar-refractivity contribution in [2.45, 2.75) is 180 Å². The molecule has 11 heteroatoms. The zero-order valence-corrected chi connectivity index (χ0v) is 35.3. The molecule has 0 spiro atoms. The minimum atomic E-state index is -4.63. The van der Waals surface area contributed by atoms with Crippen LogP contribution in [0.15, 0.2) is 60.8 Å². The summed E-state index contributed by atoms with van der Waals surface area (Å²) in [6, 6.07) is 0. The Balaban J connectivity index is 4.39. The number of unbranched alkanes of at least 4 members (excludes halogenated alkanes) is 15. The van der Waals surface area contributed by atoms with Gasteiger partial charge in [0, 0.05) is 12.8 Å². The van der Waals surface area contributed by atoms with Crippen molar-refractivity contribution in [3.63, 3.8) is 0 Å². The van der Waals surface area contributed by atoms with Gasteiger partial charge in [-0.25, -0.2) is 4.57 Å². The quantitative estimate of drug-likeness (QED) is 0.0237. The lowest BCUT2D eigenvalue weighted by molar-refractivity contribution is -0.161. The summed E-state index contributed by atoms with van der Waals surface area (Å²) in [5.74, 6) is -0.970. The monoisotopic (exact) mass is 797 g/mol. The summed E-state index contributed by atoms with van der Waals surface area (Å²) in [5, 5.41) is 18.3. The molecule has 0 aliphatic rings. The van der Waals surface area contributed by atoms with E-state index in [-0.39, 0.29) is 19.4 Å². The zero-order valence-electron chi connectivity index (χ0n) is 34.4. The molecule has 0 saturated heterocycles. The third-order valence-corrected chi connectivity index (χ3v) is 9.60. The van der Waals surface area contributed by atoms with Gasteiger partial charge in [-0.2, -0.15) is 0 Å². The second kappa shape index (κ2) is 39.9. The number of phosphoric ester groups is 1. The van der Waals surface area contributed by atoms with Crippen LogP contribution in [-0.2, 0) is 32.7 Å². The predicted molar refractivity (Wildman–Crippen MR) is 224 cm³/mol. The molecule has 0 aliphatic carbocycles. The molecule has 0 bridgehead atoms. The van der Waals surface area contributed by atoms with Gasteiger partial charge in [-0.05, 0) is 83.5 Å². The number of carbonyl (C=O) groups excluding carboxylic acids is 2. The lowest BCUT2D eigenvalue weighted by Crippen LogP contribution is -2.29. The standard InChI is InChI=1S/C44H77O10P/c1-3-5-7-9-11-13-15-17-19-20-22-24-26-28-30-32-34-36-44(48)54-42(40-53-55(49,50)52-38-41(46)37-45)39-51-43(47)35-33-31-29-27-25-23-21-18-16-14-12-10-8-6-4-2/h11-14,17-19,21-22,24,41-42,45-46H,3-10,15-16,20,23,25-40H2,1-2H3,(H,49,50)/b13-11+,14-12+,19-17+,21-18+,24-22+/t41-,42+/m0/s1. The summed E-state index contributed by atoms with van der Waals surface area (Å²) in [6.45, 7) is 2.27. The number of carbonyl (C=O) groups is 2. The fourth-order valence-electron chi connectivity index (χ4n) is 5.32. The summed E-state index contributed by atoms with van der Waals surface area (Å²) in [6.07, 6.45) is 43.2. The third-order valence-electron chi connectivity index (χ3n) is 8.64. The van der Waals surface area contributed by atoms with E-state index in [2.05, 4.69) is 79.1 Å². The van der Waals surface area contributed by atoms with E-state index in [4.69, 9.17) is 19.1 Å².